The Hall–Kier alpha value is -1.52. The van der Waals surface area contributed by atoms with Crippen LogP contribution >= 0.6 is 0 Å². The molecule has 1 aromatic heterocycles. The van der Waals surface area contributed by atoms with Gasteiger partial charge in [0.05, 0.1) is 0 Å². The van der Waals surface area contributed by atoms with E-state index in [0.29, 0.717) is 6.42 Å². The molecule has 0 saturated heterocycles. The van der Waals surface area contributed by atoms with E-state index in [-0.39, 0.29) is 12.0 Å². The summed E-state index contributed by atoms with van der Waals surface area (Å²) in [6.07, 6.45) is 22.8. The summed E-state index contributed by atoms with van der Waals surface area (Å²) in [5, 5.41) is 0. The van der Waals surface area contributed by atoms with Crippen molar-refractivity contribution >= 4 is 5.97 Å². The second-order valence-electron chi connectivity index (χ2n) is 7.09. The summed E-state index contributed by atoms with van der Waals surface area (Å²) in [7, 11) is 0. The molecule has 0 fully saturated rings. The van der Waals surface area contributed by atoms with Crippen molar-refractivity contribution in [3.63, 3.8) is 0 Å². The van der Waals surface area contributed by atoms with Crippen molar-refractivity contribution in [1.82, 2.24) is 15.0 Å². The first-order valence-electron chi connectivity index (χ1n) is 10.7. The first kappa shape index (κ1) is 22.5. The minimum atomic E-state index is -0.258. The molecule has 0 aliphatic rings. The highest BCUT2D eigenvalue weighted by atomic mass is 16.5. The number of hydrogen-bond acceptors (Lipinski definition) is 5. The quantitative estimate of drug-likeness (QED) is 0.249. The molecule has 0 aliphatic heterocycles. The summed E-state index contributed by atoms with van der Waals surface area (Å²) in [5.74, 6) is -0.258. The molecule has 148 valence electrons. The third-order valence-electron chi connectivity index (χ3n) is 4.66. The van der Waals surface area contributed by atoms with Crippen molar-refractivity contribution < 1.29 is 9.53 Å². The highest BCUT2D eigenvalue weighted by Crippen LogP contribution is 2.13. The predicted octanol–water partition coefficient (Wildman–Crippen LogP) is 6.04. The van der Waals surface area contributed by atoms with E-state index in [1.807, 2.05) is 0 Å². The summed E-state index contributed by atoms with van der Waals surface area (Å²) in [6.45, 7) is 2.27. The van der Waals surface area contributed by atoms with E-state index in [0.717, 1.165) is 12.8 Å². The van der Waals surface area contributed by atoms with Crippen molar-refractivity contribution in [2.75, 3.05) is 0 Å². The first-order valence-corrected chi connectivity index (χ1v) is 10.7. The third kappa shape index (κ3) is 13.7. The van der Waals surface area contributed by atoms with Gasteiger partial charge >= 0.3 is 12.0 Å². The molecule has 26 heavy (non-hydrogen) atoms. The normalized spacial score (nSPS) is 10.8. The molecular weight excluding hydrogens is 326 g/mol. The molecule has 1 aromatic rings. The Kier molecular flexibility index (Phi) is 14.7. The van der Waals surface area contributed by atoms with Gasteiger partial charge in [-0.25, -0.2) is 4.98 Å². The van der Waals surface area contributed by atoms with Gasteiger partial charge in [0, 0.05) is 6.42 Å². The molecule has 0 aromatic carbocycles. The van der Waals surface area contributed by atoms with Gasteiger partial charge in [-0.3, -0.25) is 4.79 Å². The van der Waals surface area contributed by atoms with E-state index < -0.39 is 0 Å². The number of carbonyl (C=O) groups excluding carboxylic acids is 1. The van der Waals surface area contributed by atoms with Gasteiger partial charge in [-0.2, -0.15) is 9.97 Å². The van der Waals surface area contributed by atoms with Crippen LogP contribution in [-0.2, 0) is 4.79 Å². The van der Waals surface area contributed by atoms with Gasteiger partial charge in [-0.05, 0) is 6.42 Å². The Morgan fingerprint density at radius 3 is 1.62 bits per heavy atom. The van der Waals surface area contributed by atoms with Gasteiger partial charge in [0.2, 0.25) is 0 Å². The number of carbonyl (C=O) groups is 1. The zero-order valence-corrected chi connectivity index (χ0v) is 16.6. The average Bonchev–Trinajstić information content (AvgIpc) is 2.65. The van der Waals surface area contributed by atoms with Crippen LogP contribution in [0.5, 0.6) is 6.01 Å². The minimum absolute atomic E-state index is 0.0889. The molecule has 1 heterocycles. The Balaban J connectivity index is 1.77. The molecule has 0 saturated carbocycles. The minimum Gasteiger partial charge on any atom is -0.391 e. The van der Waals surface area contributed by atoms with E-state index in [4.69, 9.17) is 4.74 Å². The molecule has 0 amide bonds. The molecule has 0 unspecified atom stereocenters. The third-order valence-corrected chi connectivity index (χ3v) is 4.66. The van der Waals surface area contributed by atoms with E-state index in [1.54, 1.807) is 0 Å². The number of unbranched alkanes of at least 4 members (excludes halogenated alkanes) is 14. The number of esters is 1. The Labute approximate surface area is 159 Å². The topological polar surface area (TPSA) is 65.0 Å². The average molecular weight is 364 g/mol. The van der Waals surface area contributed by atoms with Crippen LogP contribution in [0.2, 0.25) is 0 Å². The summed E-state index contributed by atoms with van der Waals surface area (Å²) in [6, 6.07) is 0.0889. The Bertz CT molecular complexity index is 440. The first-order chi connectivity index (χ1) is 12.8. The van der Waals surface area contributed by atoms with Crippen molar-refractivity contribution in [2.24, 2.45) is 0 Å². The van der Waals surface area contributed by atoms with Crippen molar-refractivity contribution in [3.8, 4) is 6.01 Å². The van der Waals surface area contributed by atoms with Crippen LogP contribution in [0.1, 0.15) is 110 Å². The van der Waals surface area contributed by atoms with Crippen molar-refractivity contribution in [2.45, 2.75) is 110 Å². The molecule has 5 heteroatoms. The van der Waals surface area contributed by atoms with Gasteiger partial charge in [-0.15, -0.1) is 0 Å². The zero-order valence-electron chi connectivity index (χ0n) is 16.6. The second kappa shape index (κ2) is 16.9. The molecule has 5 nitrogen and oxygen atoms in total. The molecule has 0 atom stereocenters. The lowest BCUT2D eigenvalue weighted by Crippen LogP contribution is -2.09. The molecule has 0 radical (unpaired) electrons. The smallest absolute Gasteiger partial charge is 0.327 e. The fraction of sp³-hybridized carbons (Fsp3) is 0.810. The van der Waals surface area contributed by atoms with Crippen LogP contribution in [-0.4, -0.2) is 20.9 Å². The molecular formula is C21H37N3O2. The summed E-state index contributed by atoms with van der Waals surface area (Å²) in [4.78, 5) is 22.9. The number of rotatable bonds is 17. The lowest BCUT2D eigenvalue weighted by atomic mass is 10.0. The molecule has 0 spiro atoms. The van der Waals surface area contributed by atoms with Gasteiger partial charge in [-0.1, -0.05) is 96.8 Å². The van der Waals surface area contributed by atoms with E-state index in [2.05, 4.69) is 21.9 Å². The predicted molar refractivity (Wildman–Crippen MR) is 105 cm³/mol. The molecule has 1 rings (SSSR count). The monoisotopic (exact) mass is 363 g/mol. The van der Waals surface area contributed by atoms with Crippen LogP contribution in [0.15, 0.2) is 12.7 Å². The number of ether oxygens (including phenoxy) is 1. The maximum absolute atomic E-state index is 11.6. The van der Waals surface area contributed by atoms with Gasteiger partial charge in [0.25, 0.3) is 0 Å². The highest BCUT2D eigenvalue weighted by Gasteiger charge is 2.06. The Morgan fingerprint density at radius 1 is 0.731 bits per heavy atom. The number of nitrogens with zero attached hydrogens (tertiary/aromatic N) is 3. The van der Waals surface area contributed by atoms with Crippen LogP contribution in [0.3, 0.4) is 0 Å². The largest absolute Gasteiger partial charge is 0.391 e. The number of hydrogen-bond donors (Lipinski definition) is 0. The van der Waals surface area contributed by atoms with Crippen LogP contribution < -0.4 is 4.74 Å². The fourth-order valence-electron chi connectivity index (χ4n) is 3.07. The summed E-state index contributed by atoms with van der Waals surface area (Å²) >= 11 is 0. The maximum Gasteiger partial charge on any atom is 0.327 e. The lowest BCUT2D eigenvalue weighted by Gasteiger charge is -2.04. The van der Waals surface area contributed by atoms with E-state index in [9.17, 15) is 4.79 Å². The lowest BCUT2D eigenvalue weighted by molar-refractivity contribution is -0.135. The van der Waals surface area contributed by atoms with Crippen molar-refractivity contribution in [3.05, 3.63) is 12.7 Å². The fourth-order valence-corrected chi connectivity index (χ4v) is 3.07. The van der Waals surface area contributed by atoms with Crippen LogP contribution in [0.4, 0.5) is 0 Å². The standard InChI is InChI=1S/C21H37N3O2/c1-2-3-4-5-6-7-8-9-10-11-12-13-14-15-16-17-20(25)26-21-23-18-22-19-24-21/h18-19H,2-17H2,1H3. The van der Waals surface area contributed by atoms with E-state index >= 15 is 0 Å². The van der Waals surface area contributed by atoms with Crippen LogP contribution in [0.25, 0.3) is 0 Å². The Morgan fingerprint density at radius 2 is 1.15 bits per heavy atom. The zero-order chi connectivity index (χ0) is 18.7. The highest BCUT2D eigenvalue weighted by molar-refractivity contribution is 5.71. The summed E-state index contributed by atoms with van der Waals surface area (Å²) in [5.41, 5.74) is 0. The summed E-state index contributed by atoms with van der Waals surface area (Å²) < 4.78 is 5.03. The molecule has 0 aliphatic carbocycles. The molecule has 0 bridgehead atoms. The van der Waals surface area contributed by atoms with E-state index in [1.165, 1.54) is 96.1 Å². The van der Waals surface area contributed by atoms with Crippen molar-refractivity contribution in [1.29, 1.82) is 0 Å². The van der Waals surface area contributed by atoms with Gasteiger partial charge in [0.15, 0.2) is 0 Å². The number of aromatic nitrogens is 3. The van der Waals surface area contributed by atoms with Gasteiger partial charge in [0.1, 0.15) is 12.7 Å². The maximum atomic E-state index is 11.6. The van der Waals surface area contributed by atoms with Gasteiger partial charge < -0.3 is 4.74 Å². The second-order valence-corrected chi connectivity index (χ2v) is 7.09. The molecule has 0 N–H and O–H groups in total. The SMILES string of the molecule is CCCCCCCCCCCCCCCCCC(=O)Oc1ncncn1. The van der Waals surface area contributed by atoms with Crippen LogP contribution in [0, 0.1) is 0 Å².